The fourth-order valence-electron chi connectivity index (χ4n) is 5.17. The van der Waals surface area contributed by atoms with Crippen LogP contribution in [0.5, 0.6) is 0 Å². The highest BCUT2D eigenvalue weighted by molar-refractivity contribution is 5.85. The van der Waals surface area contributed by atoms with E-state index in [1.165, 1.54) is 0 Å². The number of halogens is 3. The van der Waals surface area contributed by atoms with E-state index >= 15 is 0 Å². The number of likely N-dealkylation sites (tertiary alicyclic amines) is 1. The second-order valence-corrected chi connectivity index (χ2v) is 8.83. The van der Waals surface area contributed by atoms with Crippen molar-refractivity contribution in [1.29, 1.82) is 0 Å². The van der Waals surface area contributed by atoms with Crippen molar-refractivity contribution in [3.05, 3.63) is 23.4 Å². The van der Waals surface area contributed by atoms with Gasteiger partial charge in [-0.3, -0.25) is 4.79 Å². The van der Waals surface area contributed by atoms with Crippen molar-refractivity contribution in [1.82, 2.24) is 9.88 Å². The average molecular weight is 411 g/mol. The number of aliphatic hydroxyl groups is 1. The Labute approximate surface area is 168 Å². The second-order valence-electron chi connectivity index (χ2n) is 8.83. The number of pyridine rings is 1. The number of aliphatic hydroxyl groups excluding tert-OH is 1. The van der Waals surface area contributed by atoms with Crippen molar-refractivity contribution in [2.75, 3.05) is 24.5 Å². The Balaban J connectivity index is 1.43. The SMILES string of the molecule is Cc1cc(C(F)(F)F)cc(N2CCC3(CC2)CCN([C@H]2CC[C@H](O)CC2)C3=O)n1. The Morgan fingerprint density at radius 2 is 1.69 bits per heavy atom. The van der Waals surface area contributed by atoms with Crippen LogP contribution >= 0.6 is 0 Å². The van der Waals surface area contributed by atoms with Gasteiger partial charge in [0.15, 0.2) is 0 Å². The third kappa shape index (κ3) is 3.96. The van der Waals surface area contributed by atoms with Gasteiger partial charge in [-0.05, 0) is 64.0 Å². The quantitative estimate of drug-likeness (QED) is 0.809. The molecule has 1 aliphatic carbocycles. The molecule has 1 spiro atoms. The molecular formula is C21H28F3N3O2. The molecule has 0 unspecified atom stereocenters. The summed E-state index contributed by atoms with van der Waals surface area (Å²) in [6.07, 6.45) is 0.660. The van der Waals surface area contributed by atoms with Gasteiger partial charge in [0.2, 0.25) is 5.91 Å². The standard InChI is InChI=1S/C21H28F3N3O2/c1-14-12-15(21(22,23)24)13-18(25-14)26-9-6-20(7-10-26)8-11-27(19(20)29)16-2-4-17(28)5-3-16/h12-13,16-17,28H,2-11H2,1H3/t16-,17-. The number of hydrogen-bond acceptors (Lipinski definition) is 4. The smallest absolute Gasteiger partial charge is 0.393 e. The summed E-state index contributed by atoms with van der Waals surface area (Å²) in [6, 6.07) is 2.39. The van der Waals surface area contributed by atoms with Crippen molar-refractivity contribution in [3.8, 4) is 0 Å². The molecule has 1 amide bonds. The van der Waals surface area contributed by atoms with Gasteiger partial charge in [-0.25, -0.2) is 4.98 Å². The van der Waals surface area contributed by atoms with Crippen LogP contribution in [0.2, 0.25) is 0 Å². The van der Waals surface area contributed by atoms with Crippen molar-refractivity contribution in [2.24, 2.45) is 5.41 Å². The number of amides is 1. The fourth-order valence-corrected chi connectivity index (χ4v) is 5.17. The summed E-state index contributed by atoms with van der Waals surface area (Å²) < 4.78 is 39.4. The van der Waals surface area contributed by atoms with Crippen molar-refractivity contribution in [3.63, 3.8) is 0 Å². The molecule has 8 heteroatoms. The first kappa shape index (κ1) is 20.4. The minimum absolute atomic E-state index is 0.201. The molecule has 1 saturated carbocycles. The molecule has 0 radical (unpaired) electrons. The van der Waals surface area contributed by atoms with Crippen molar-refractivity contribution >= 4 is 11.7 Å². The van der Waals surface area contributed by atoms with Gasteiger partial charge in [-0.1, -0.05) is 0 Å². The van der Waals surface area contributed by atoms with Crippen molar-refractivity contribution in [2.45, 2.75) is 70.2 Å². The number of alkyl halides is 3. The van der Waals surface area contributed by atoms with Crippen LogP contribution in [0.3, 0.4) is 0 Å². The maximum Gasteiger partial charge on any atom is 0.416 e. The zero-order chi connectivity index (χ0) is 20.8. The van der Waals surface area contributed by atoms with Crippen LogP contribution in [-0.4, -0.2) is 52.7 Å². The summed E-state index contributed by atoms with van der Waals surface area (Å²) in [4.78, 5) is 21.4. The predicted molar refractivity (Wildman–Crippen MR) is 102 cm³/mol. The topological polar surface area (TPSA) is 56.7 Å². The van der Waals surface area contributed by atoms with Crippen LogP contribution in [0.1, 0.15) is 56.2 Å². The number of carbonyl (C=O) groups is 1. The lowest BCUT2D eigenvalue weighted by molar-refractivity contribution is -0.140. The number of hydrogen-bond donors (Lipinski definition) is 1. The van der Waals surface area contributed by atoms with E-state index < -0.39 is 11.7 Å². The molecule has 2 saturated heterocycles. The van der Waals surface area contributed by atoms with Gasteiger partial charge in [-0.2, -0.15) is 13.2 Å². The Hall–Kier alpha value is -1.83. The molecule has 3 aliphatic rings. The third-order valence-electron chi connectivity index (χ3n) is 6.96. The Morgan fingerprint density at radius 1 is 1.07 bits per heavy atom. The lowest BCUT2D eigenvalue weighted by Gasteiger charge is -2.40. The molecule has 0 atom stereocenters. The molecule has 29 heavy (non-hydrogen) atoms. The highest BCUT2D eigenvalue weighted by atomic mass is 19.4. The summed E-state index contributed by atoms with van der Waals surface area (Å²) >= 11 is 0. The molecule has 0 bridgehead atoms. The highest BCUT2D eigenvalue weighted by Gasteiger charge is 2.50. The van der Waals surface area contributed by atoms with E-state index in [1.807, 2.05) is 9.80 Å². The Morgan fingerprint density at radius 3 is 2.31 bits per heavy atom. The maximum atomic E-state index is 13.2. The number of aryl methyl sites for hydroxylation is 1. The number of rotatable bonds is 2. The van der Waals surface area contributed by atoms with Gasteiger partial charge >= 0.3 is 6.18 Å². The van der Waals surface area contributed by atoms with Crippen LogP contribution in [0, 0.1) is 12.3 Å². The number of anilines is 1. The normalized spacial score (nSPS) is 27.7. The lowest BCUT2D eigenvalue weighted by Crippen LogP contribution is -2.47. The monoisotopic (exact) mass is 411 g/mol. The van der Waals surface area contributed by atoms with Gasteiger partial charge in [0.05, 0.1) is 17.1 Å². The summed E-state index contributed by atoms with van der Waals surface area (Å²) in [6.45, 7) is 3.40. The Bertz CT molecular complexity index is 767. The van der Waals surface area contributed by atoms with E-state index in [0.717, 1.165) is 50.8 Å². The van der Waals surface area contributed by atoms with Gasteiger partial charge in [-0.15, -0.1) is 0 Å². The first-order valence-corrected chi connectivity index (χ1v) is 10.5. The van der Waals surface area contributed by atoms with Crippen LogP contribution in [-0.2, 0) is 11.0 Å². The van der Waals surface area contributed by atoms with Crippen molar-refractivity contribution < 1.29 is 23.1 Å². The first-order valence-electron chi connectivity index (χ1n) is 10.5. The van der Waals surface area contributed by atoms with Gasteiger partial charge in [0.25, 0.3) is 0 Å². The molecule has 1 aromatic heterocycles. The zero-order valence-corrected chi connectivity index (χ0v) is 16.7. The van der Waals surface area contributed by atoms with Crippen LogP contribution in [0.15, 0.2) is 12.1 Å². The molecule has 4 rings (SSSR count). The number of nitrogens with zero attached hydrogens (tertiary/aromatic N) is 3. The largest absolute Gasteiger partial charge is 0.416 e. The summed E-state index contributed by atoms with van der Waals surface area (Å²) in [7, 11) is 0. The number of aromatic nitrogens is 1. The molecule has 3 heterocycles. The number of carbonyl (C=O) groups excluding carboxylic acids is 1. The molecule has 2 aliphatic heterocycles. The predicted octanol–water partition coefficient (Wildman–Crippen LogP) is 3.53. The lowest BCUT2D eigenvalue weighted by atomic mass is 9.77. The van der Waals surface area contributed by atoms with Crippen LogP contribution in [0.25, 0.3) is 0 Å². The molecule has 1 N–H and O–H groups in total. The molecule has 5 nitrogen and oxygen atoms in total. The fraction of sp³-hybridized carbons (Fsp3) is 0.714. The highest BCUT2D eigenvalue weighted by Crippen LogP contribution is 2.44. The summed E-state index contributed by atoms with van der Waals surface area (Å²) in [5, 5.41) is 9.72. The van der Waals surface area contributed by atoms with Gasteiger partial charge in [0.1, 0.15) is 5.82 Å². The van der Waals surface area contributed by atoms with E-state index in [0.29, 0.717) is 37.4 Å². The van der Waals surface area contributed by atoms with Crippen LogP contribution < -0.4 is 4.90 Å². The molecule has 160 valence electrons. The van der Waals surface area contributed by atoms with E-state index in [2.05, 4.69) is 4.98 Å². The third-order valence-corrected chi connectivity index (χ3v) is 6.96. The molecule has 1 aromatic rings. The zero-order valence-electron chi connectivity index (χ0n) is 16.7. The van der Waals surface area contributed by atoms with Gasteiger partial charge in [0, 0.05) is 31.4 Å². The van der Waals surface area contributed by atoms with E-state index in [1.54, 1.807) is 6.92 Å². The molecule has 3 fully saturated rings. The minimum atomic E-state index is -4.39. The first-order chi connectivity index (χ1) is 13.7. The summed E-state index contributed by atoms with van der Waals surface area (Å²) in [5.74, 6) is 0.544. The van der Waals surface area contributed by atoms with Crippen LogP contribution in [0.4, 0.5) is 19.0 Å². The number of piperidine rings is 1. The second kappa shape index (κ2) is 7.45. The van der Waals surface area contributed by atoms with E-state index in [9.17, 15) is 23.1 Å². The van der Waals surface area contributed by atoms with E-state index in [4.69, 9.17) is 0 Å². The Kier molecular flexibility index (Phi) is 5.25. The van der Waals surface area contributed by atoms with Gasteiger partial charge < -0.3 is 14.9 Å². The average Bonchev–Trinajstić information content (AvgIpc) is 2.98. The maximum absolute atomic E-state index is 13.2. The molecule has 0 aromatic carbocycles. The molecular weight excluding hydrogens is 383 g/mol. The minimum Gasteiger partial charge on any atom is -0.393 e. The van der Waals surface area contributed by atoms with E-state index in [-0.39, 0.29) is 23.5 Å². The summed E-state index contributed by atoms with van der Waals surface area (Å²) in [5.41, 5.74) is -0.718.